The highest BCUT2D eigenvalue weighted by Crippen LogP contribution is 2.41. The minimum Gasteiger partial charge on any atom is -0.353 e. The molecule has 1 amide bonds. The average molecular weight is 526 g/mol. The number of nitrogens with zero attached hydrogens (tertiary/aromatic N) is 4. The second kappa shape index (κ2) is 10.1. The molecule has 1 fully saturated rings. The van der Waals surface area contributed by atoms with Crippen molar-refractivity contribution in [2.75, 3.05) is 6.54 Å². The summed E-state index contributed by atoms with van der Waals surface area (Å²) in [6, 6.07) is 21.9. The van der Waals surface area contributed by atoms with Crippen LogP contribution < -0.4 is 10.9 Å². The third-order valence-corrected chi connectivity index (χ3v) is 7.99. The summed E-state index contributed by atoms with van der Waals surface area (Å²) in [4.78, 5) is 31.2. The maximum atomic E-state index is 13.4. The number of carbonyl (C=O) groups excluding carboxylic acids is 1. The SMILES string of the molecule is O=C(NCCn1ncc2c(=O)n(Cc3cccc4ccccc34)cnc21)C1(c2ccc(Cl)cc2)CCCC1. The fourth-order valence-electron chi connectivity index (χ4n) is 5.73. The van der Waals surface area contributed by atoms with Crippen molar-refractivity contribution in [3.63, 3.8) is 0 Å². The van der Waals surface area contributed by atoms with E-state index in [1.165, 1.54) is 0 Å². The Bertz CT molecular complexity index is 1680. The van der Waals surface area contributed by atoms with Crippen molar-refractivity contribution in [1.82, 2.24) is 24.6 Å². The van der Waals surface area contributed by atoms with Gasteiger partial charge in [-0.3, -0.25) is 14.2 Å². The fourth-order valence-corrected chi connectivity index (χ4v) is 5.85. The summed E-state index contributed by atoms with van der Waals surface area (Å²) in [5, 5.41) is 10.9. The first-order chi connectivity index (χ1) is 18.5. The van der Waals surface area contributed by atoms with Crippen molar-refractivity contribution < 1.29 is 4.79 Å². The number of benzene rings is 3. The van der Waals surface area contributed by atoms with E-state index in [2.05, 4.69) is 33.6 Å². The molecule has 38 heavy (non-hydrogen) atoms. The molecule has 1 aliphatic carbocycles. The normalized spacial score (nSPS) is 14.8. The Labute approximate surface area is 225 Å². The number of nitrogens with one attached hydrogen (secondary N) is 1. The van der Waals surface area contributed by atoms with Crippen molar-refractivity contribution in [2.45, 2.75) is 44.2 Å². The van der Waals surface area contributed by atoms with E-state index in [1.54, 1.807) is 21.8 Å². The molecule has 2 aromatic heterocycles. The van der Waals surface area contributed by atoms with Gasteiger partial charge in [-0.1, -0.05) is 79.0 Å². The molecule has 0 spiro atoms. The first kappa shape index (κ1) is 24.4. The molecule has 8 heteroatoms. The zero-order valence-electron chi connectivity index (χ0n) is 20.9. The average Bonchev–Trinajstić information content (AvgIpc) is 3.60. The summed E-state index contributed by atoms with van der Waals surface area (Å²) >= 11 is 6.08. The van der Waals surface area contributed by atoms with Gasteiger partial charge in [0.15, 0.2) is 5.65 Å². The molecule has 2 heterocycles. The van der Waals surface area contributed by atoms with Gasteiger partial charge in [-0.15, -0.1) is 0 Å². The number of carbonyl (C=O) groups is 1. The molecular weight excluding hydrogens is 498 g/mol. The Morgan fingerprint density at radius 3 is 2.55 bits per heavy atom. The Hall–Kier alpha value is -3.97. The Kier molecular flexibility index (Phi) is 6.45. The van der Waals surface area contributed by atoms with Crippen LogP contribution >= 0.6 is 11.6 Å². The van der Waals surface area contributed by atoms with E-state index >= 15 is 0 Å². The second-order valence-electron chi connectivity index (χ2n) is 9.97. The van der Waals surface area contributed by atoms with Crippen LogP contribution in [-0.2, 0) is 23.3 Å². The monoisotopic (exact) mass is 525 g/mol. The molecule has 1 N–H and O–H groups in total. The van der Waals surface area contributed by atoms with Gasteiger partial charge >= 0.3 is 0 Å². The zero-order chi connectivity index (χ0) is 26.1. The lowest BCUT2D eigenvalue weighted by molar-refractivity contribution is -0.126. The van der Waals surface area contributed by atoms with Gasteiger partial charge in [0.05, 0.1) is 24.7 Å². The Morgan fingerprint density at radius 1 is 0.974 bits per heavy atom. The van der Waals surface area contributed by atoms with Crippen LogP contribution in [0.5, 0.6) is 0 Å². The van der Waals surface area contributed by atoms with Crippen LogP contribution in [-0.4, -0.2) is 31.8 Å². The molecule has 0 radical (unpaired) electrons. The highest BCUT2D eigenvalue weighted by atomic mass is 35.5. The molecule has 6 rings (SSSR count). The lowest BCUT2D eigenvalue weighted by Gasteiger charge is -2.28. The summed E-state index contributed by atoms with van der Waals surface area (Å²) in [5.74, 6) is 0.0270. The Balaban J connectivity index is 1.18. The van der Waals surface area contributed by atoms with E-state index in [0.29, 0.717) is 35.7 Å². The van der Waals surface area contributed by atoms with Crippen molar-refractivity contribution in [3.05, 3.63) is 106 Å². The van der Waals surface area contributed by atoms with Crippen LogP contribution in [0, 0.1) is 0 Å². The fraction of sp³-hybridized carbons (Fsp3) is 0.267. The number of hydrogen-bond donors (Lipinski definition) is 1. The predicted molar refractivity (Wildman–Crippen MR) is 149 cm³/mol. The van der Waals surface area contributed by atoms with Crippen LogP contribution in [0.25, 0.3) is 21.8 Å². The van der Waals surface area contributed by atoms with Gasteiger partial charge in [-0.2, -0.15) is 5.10 Å². The molecule has 7 nitrogen and oxygen atoms in total. The molecular formula is C30H28ClN5O2. The van der Waals surface area contributed by atoms with E-state index < -0.39 is 5.41 Å². The minimum absolute atomic E-state index is 0.0270. The highest BCUT2D eigenvalue weighted by Gasteiger charge is 2.42. The molecule has 0 saturated heterocycles. The molecule has 3 aromatic carbocycles. The van der Waals surface area contributed by atoms with Crippen LogP contribution in [0.4, 0.5) is 0 Å². The van der Waals surface area contributed by atoms with Crippen molar-refractivity contribution in [1.29, 1.82) is 0 Å². The van der Waals surface area contributed by atoms with Crippen LogP contribution in [0.2, 0.25) is 5.02 Å². The summed E-state index contributed by atoms with van der Waals surface area (Å²) in [6.07, 6.45) is 6.84. The second-order valence-corrected chi connectivity index (χ2v) is 10.4. The van der Waals surface area contributed by atoms with Crippen molar-refractivity contribution in [3.8, 4) is 0 Å². The molecule has 5 aromatic rings. The van der Waals surface area contributed by atoms with E-state index in [0.717, 1.165) is 47.6 Å². The predicted octanol–water partition coefficient (Wildman–Crippen LogP) is 5.08. The van der Waals surface area contributed by atoms with E-state index in [9.17, 15) is 9.59 Å². The van der Waals surface area contributed by atoms with Crippen molar-refractivity contribution >= 4 is 39.3 Å². The number of hydrogen-bond acceptors (Lipinski definition) is 4. The number of halogens is 1. The smallest absolute Gasteiger partial charge is 0.264 e. The van der Waals surface area contributed by atoms with Crippen molar-refractivity contribution in [2.24, 2.45) is 0 Å². The third kappa shape index (κ3) is 4.37. The Morgan fingerprint density at radius 2 is 1.74 bits per heavy atom. The summed E-state index contributed by atoms with van der Waals surface area (Å²) in [6.45, 7) is 1.24. The third-order valence-electron chi connectivity index (χ3n) is 7.74. The summed E-state index contributed by atoms with van der Waals surface area (Å²) in [5.41, 5.74) is 1.93. The van der Waals surface area contributed by atoms with E-state index in [4.69, 9.17) is 11.6 Å². The van der Waals surface area contributed by atoms with Gasteiger partial charge in [0.2, 0.25) is 5.91 Å². The quantitative estimate of drug-likeness (QED) is 0.321. The molecule has 0 atom stereocenters. The topological polar surface area (TPSA) is 81.8 Å². The summed E-state index contributed by atoms with van der Waals surface area (Å²) < 4.78 is 3.30. The van der Waals surface area contributed by atoms with Crippen LogP contribution in [0.3, 0.4) is 0 Å². The standard InChI is InChI=1S/C30H28ClN5O2/c31-24-12-10-23(11-13-24)30(14-3-4-15-30)29(38)32-16-17-36-27-26(18-34-36)28(37)35(20-33-27)19-22-8-5-7-21-6-1-2-9-25(21)22/h1-2,5-13,18,20H,3-4,14-17,19H2,(H,32,38). The molecule has 1 saturated carbocycles. The molecule has 0 unspecified atom stereocenters. The van der Waals surface area contributed by atoms with Gasteiger partial charge in [-0.25, -0.2) is 9.67 Å². The van der Waals surface area contributed by atoms with Crippen LogP contribution in [0.1, 0.15) is 36.8 Å². The maximum absolute atomic E-state index is 13.4. The number of rotatable bonds is 7. The first-order valence-corrected chi connectivity index (χ1v) is 13.3. The van der Waals surface area contributed by atoms with Gasteiger partial charge in [0.1, 0.15) is 11.7 Å². The number of aromatic nitrogens is 4. The molecule has 192 valence electrons. The molecule has 0 bridgehead atoms. The van der Waals surface area contributed by atoms with Gasteiger partial charge < -0.3 is 5.32 Å². The largest absolute Gasteiger partial charge is 0.353 e. The van der Waals surface area contributed by atoms with Gasteiger partial charge in [0, 0.05) is 11.6 Å². The molecule has 0 aliphatic heterocycles. The first-order valence-electron chi connectivity index (χ1n) is 13.0. The lowest BCUT2D eigenvalue weighted by Crippen LogP contribution is -2.43. The van der Waals surface area contributed by atoms with E-state index in [-0.39, 0.29) is 11.5 Å². The van der Waals surface area contributed by atoms with E-state index in [1.807, 2.05) is 48.5 Å². The van der Waals surface area contributed by atoms with Gasteiger partial charge in [-0.05, 0) is 46.9 Å². The van der Waals surface area contributed by atoms with Gasteiger partial charge in [0.25, 0.3) is 5.56 Å². The number of amides is 1. The minimum atomic E-state index is -0.523. The highest BCUT2D eigenvalue weighted by molar-refractivity contribution is 6.30. The number of fused-ring (bicyclic) bond motifs is 2. The van der Waals surface area contributed by atoms with Crippen LogP contribution in [0.15, 0.2) is 84.0 Å². The maximum Gasteiger partial charge on any atom is 0.264 e. The lowest BCUT2D eigenvalue weighted by atomic mass is 9.78. The summed E-state index contributed by atoms with van der Waals surface area (Å²) in [7, 11) is 0. The zero-order valence-corrected chi connectivity index (χ0v) is 21.7. The molecule has 1 aliphatic rings.